The van der Waals surface area contributed by atoms with Crippen LogP contribution in [-0.4, -0.2) is 20.6 Å². The van der Waals surface area contributed by atoms with Crippen molar-refractivity contribution in [2.24, 2.45) is 0 Å². The molecule has 0 aliphatic rings. The van der Waals surface area contributed by atoms with E-state index in [0.717, 1.165) is 23.5 Å². The van der Waals surface area contributed by atoms with Gasteiger partial charge in [-0.3, -0.25) is 0 Å². The molecule has 0 amide bonds. The van der Waals surface area contributed by atoms with Crippen molar-refractivity contribution in [3.05, 3.63) is 34.9 Å². The Labute approximate surface area is 186 Å². The Morgan fingerprint density at radius 1 is 0.567 bits per heavy atom. The summed E-state index contributed by atoms with van der Waals surface area (Å²) in [6.45, 7) is 27.0. The van der Waals surface area contributed by atoms with Gasteiger partial charge in [0.15, 0.2) is 0 Å². The summed E-state index contributed by atoms with van der Waals surface area (Å²) in [5.41, 5.74) is 1.50. The molecule has 0 heterocycles. The second-order valence-electron chi connectivity index (χ2n) is 12.3. The van der Waals surface area contributed by atoms with Crippen molar-refractivity contribution in [3.8, 4) is 0 Å². The molecule has 0 nitrogen and oxygen atoms in total. The Bertz CT molecular complexity index is 680. The lowest BCUT2D eigenvalue weighted by molar-refractivity contribution is -0.137. The zero-order chi connectivity index (χ0) is 23.9. The van der Waals surface area contributed by atoms with Gasteiger partial charge in [-0.1, -0.05) is 105 Å². The largest absolute Gasteiger partial charge is 0.416 e. The highest BCUT2D eigenvalue weighted by Crippen LogP contribution is 2.64. The fraction of sp³-hybridized carbons (Fsp3) is 0.760. The van der Waals surface area contributed by atoms with Crippen LogP contribution in [0.2, 0.25) is 0 Å². The number of halogens is 3. The molecule has 30 heavy (non-hydrogen) atoms. The second-order valence-corrected chi connectivity index (χ2v) is 20.0. The van der Waals surface area contributed by atoms with Crippen LogP contribution in [0.25, 0.3) is 0 Å². The minimum Gasteiger partial charge on any atom is -0.166 e. The minimum absolute atomic E-state index is 0.0673. The molecule has 1 aromatic rings. The monoisotopic (exact) mass is 462 g/mol. The summed E-state index contributed by atoms with van der Waals surface area (Å²) in [6, 6.07) is 4.50. The lowest BCUT2D eigenvalue weighted by atomic mass is 10.1. The van der Waals surface area contributed by atoms with Crippen LogP contribution >= 0.6 is 15.8 Å². The SMILES string of the molecule is CC(C)(C)P(Cc1ccc(C(F)(F)F)cc1CP(C(C)(C)C)C(C)(C)C)C(C)(C)C. The molecule has 0 saturated carbocycles. The summed E-state index contributed by atoms with van der Waals surface area (Å²) < 4.78 is 40.7. The minimum atomic E-state index is -4.31. The average Bonchev–Trinajstić information content (AvgIpc) is 2.45. The fourth-order valence-corrected chi connectivity index (χ4v) is 11.6. The summed E-state index contributed by atoms with van der Waals surface area (Å²) in [4.78, 5) is 0. The smallest absolute Gasteiger partial charge is 0.166 e. The van der Waals surface area contributed by atoms with Crippen LogP contribution in [0.1, 0.15) is 99.8 Å². The highest BCUT2D eigenvalue weighted by Gasteiger charge is 2.38. The van der Waals surface area contributed by atoms with E-state index in [9.17, 15) is 13.2 Å². The molecule has 0 aliphatic heterocycles. The Kier molecular flexibility index (Phi) is 8.39. The molecule has 1 rings (SSSR count). The molecule has 0 aromatic heterocycles. The average molecular weight is 463 g/mol. The van der Waals surface area contributed by atoms with Gasteiger partial charge in [-0.15, -0.1) is 0 Å². The maximum Gasteiger partial charge on any atom is 0.416 e. The van der Waals surface area contributed by atoms with E-state index in [1.54, 1.807) is 6.07 Å². The maximum absolute atomic E-state index is 13.6. The molecule has 0 spiro atoms. The lowest BCUT2D eigenvalue weighted by Gasteiger charge is -2.44. The zero-order valence-electron chi connectivity index (χ0n) is 21.2. The topological polar surface area (TPSA) is 0 Å². The molecule has 5 heteroatoms. The van der Waals surface area contributed by atoms with Gasteiger partial charge >= 0.3 is 6.18 Å². The third-order valence-corrected chi connectivity index (χ3v) is 13.2. The first-order chi connectivity index (χ1) is 13.0. The Balaban J connectivity index is 3.58. The highest BCUT2D eigenvalue weighted by molar-refractivity contribution is 7.60. The van der Waals surface area contributed by atoms with Crippen molar-refractivity contribution in [2.75, 3.05) is 0 Å². The summed E-state index contributed by atoms with van der Waals surface area (Å²) >= 11 is 0. The van der Waals surface area contributed by atoms with E-state index in [-0.39, 0.29) is 20.6 Å². The van der Waals surface area contributed by atoms with Crippen molar-refractivity contribution < 1.29 is 13.2 Å². The molecule has 174 valence electrons. The molecule has 0 bridgehead atoms. The van der Waals surface area contributed by atoms with Crippen molar-refractivity contribution in [1.82, 2.24) is 0 Å². The quantitative estimate of drug-likeness (QED) is 0.391. The number of benzene rings is 1. The summed E-state index contributed by atoms with van der Waals surface area (Å²) in [6.07, 6.45) is -2.70. The van der Waals surface area contributed by atoms with Gasteiger partial charge in [0.05, 0.1) is 5.56 Å². The number of hydrogen-bond donors (Lipinski definition) is 0. The Hall–Kier alpha value is -0.130. The summed E-state index contributed by atoms with van der Waals surface area (Å²) in [7, 11) is -0.953. The van der Waals surface area contributed by atoms with Gasteiger partial charge < -0.3 is 0 Å². The third kappa shape index (κ3) is 7.78. The molecule has 0 radical (unpaired) electrons. The molecule has 0 aliphatic carbocycles. The van der Waals surface area contributed by atoms with Gasteiger partial charge in [0.1, 0.15) is 0 Å². The first-order valence-electron chi connectivity index (χ1n) is 10.8. The van der Waals surface area contributed by atoms with Crippen LogP contribution in [0, 0.1) is 0 Å². The molecule has 0 fully saturated rings. The van der Waals surface area contributed by atoms with E-state index in [0.29, 0.717) is 0 Å². The third-order valence-electron chi connectivity index (χ3n) is 5.43. The van der Waals surface area contributed by atoms with E-state index in [1.807, 2.05) is 0 Å². The van der Waals surface area contributed by atoms with E-state index in [4.69, 9.17) is 0 Å². The van der Waals surface area contributed by atoms with Crippen molar-refractivity contribution in [1.29, 1.82) is 0 Å². The van der Waals surface area contributed by atoms with Crippen LogP contribution in [0.15, 0.2) is 18.2 Å². The molecular weight excluding hydrogens is 419 g/mol. The zero-order valence-corrected chi connectivity index (χ0v) is 23.0. The lowest BCUT2D eigenvalue weighted by Crippen LogP contribution is -2.27. The predicted molar refractivity (Wildman–Crippen MR) is 132 cm³/mol. The van der Waals surface area contributed by atoms with Gasteiger partial charge in [0, 0.05) is 0 Å². The maximum atomic E-state index is 13.6. The van der Waals surface area contributed by atoms with Gasteiger partial charge in [-0.2, -0.15) is 13.2 Å². The van der Waals surface area contributed by atoms with Gasteiger partial charge in [0.25, 0.3) is 0 Å². The van der Waals surface area contributed by atoms with Crippen LogP contribution in [0.5, 0.6) is 0 Å². The first kappa shape index (κ1) is 27.9. The normalized spacial score (nSPS) is 14.7. The van der Waals surface area contributed by atoms with Crippen molar-refractivity contribution in [2.45, 2.75) is 122 Å². The van der Waals surface area contributed by atoms with Gasteiger partial charge in [-0.05, 0) is 56.2 Å². The van der Waals surface area contributed by atoms with Crippen LogP contribution in [-0.2, 0) is 18.5 Å². The van der Waals surface area contributed by atoms with Crippen LogP contribution < -0.4 is 0 Å². The van der Waals surface area contributed by atoms with E-state index < -0.39 is 27.6 Å². The van der Waals surface area contributed by atoms with Gasteiger partial charge in [0.2, 0.25) is 0 Å². The van der Waals surface area contributed by atoms with E-state index in [2.05, 4.69) is 83.1 Å². The number of alkyl halides is 3. The molecule has 0 atom stereocenters. The fourth-order valence-electron chi connectivity index (χ4n) is 4.41. The standard InChI is InChI=1S/C25H43F3P2/c1-21(2,3)29(22(4,5)6)16-18-13-14-20(25(26,27)28)15-19(18)17-30(23(7,8)9)24(10,11)12/h13-15H,16-17H2,1-12H3. The number of hydrogen-bond acceptors (Lipinski definition) is 0. The summed E-state index contributed by atoms with van der Waals surface area (Å²) in [5.74, 6) is 0. The Morgan fingerprint density at radius 3 is 1.20 bits per heavy atom. The highest BCUT2D eigenvalue weighted by atomic mass is 31.1. The van der Waals surface area contributed by atoms with Crippen LogP contribution in [0.3, 0.4) is 0 Å². The number of rotatable bonds is 4. The molecule has 0 unspecified atom stereocenters. The summed E-state index contributed by atoms with van der Waals surface area (Å²) in [5, 5.41) is 0.397. The second kappa shape index (κ2) is 9.02. The van der Waals surface area contributed by atoms with Crippen molar-refractivity contribution >= 4 is 15.8 Å². The van der Waals surface area contributed by atoms with Crippen molar-refractivity contribution in [3.63, 3.8) is 0 Å². The molecule has 1 aromatic carbocycles. The predicted octanol–water partition coefficient (Wildman–Crippen LogP) is 9.86. The first-order valence-corrected chi connectivity index (χ1v) is 13.8. The molecule has 0 N–H and O–H groups in total. The van der Waals surface area contributed by atoms with Crippen LogP contribution in [0.4, 0.5) is 13.2 Å². The molecule has 0 saturated heterocycles. The molecular formula is C25H43F3P2. The van der Waals surface area contributed by atoms with E-state index >= 15 is 0 Å². The Morgan fingerprint density at radius 2 is 0.900 bits per heavy atom. The van der Waals surface area contributed by atoms with Gasteiger partial charge in [-0.25, -0.2) is 0 Å². The van der Waals surface area contributed by atoms with E-state index in [1.165, 1.54) is 12.1 Å².